The molecule has 1 aliphatic rings. The van der Waals surface area contributed by atoms with Crippen LogP contribution in [0.1, 0.15) is 46.8 Å². The zero-order chi connectivity index (χ0) is 26.3. The van der Waals surface area contributed by atoms with E-state index in [1.54, 1.807) is 28.6 Å². The molecule has 4 heterocycles. The zero-order valence-corrected chi connectivity index (χ0v) is 21.9. The number of ether oxygens (including phenoxy) is 1. The molecule has 188 valence electrons. The minimum atomic E-state index is -0.414. The Bertz CT molecular complexity index is 1550. The van der Waals surface area contributed by atoms with Gasteiger partial charge in [0.15, 0.2) is 0 Å². The Hall–Kier alpha value is -4.38. The summed E-state index contributed by atoms with van der Waals surface area (Å²) in [5.74, 6) is 1.13. The molecule has 0 bridgehead atoms. The minimum Gasteiger partial charge on any atom is -0.425 e. The molecule has 5 rings (SSSR count). The van der Waals surface area contributed by atoms with Crippen molar-refractivity contribution in [1.82, 2.24) is 19.7 Å². The summed E-state index contributed by atoms with van der Waals surface area (Å²) in [6.07, 6.45) is 3.20. The molecule has 0 spiro atoms. The number of fused-ring (bicyclic) bond motifs is 3. The molecule has 0 radical (unpaired) electrons. The molecule has 1 aliphatic heterocycles. The van der Waals surface area contributed by atoms with Crippen molar-refractivity contribution < 1.29 is 14.3 Å². The number of carbonyl (C=O) groups excluding carboxylic acids is 2. The van der Waals surface area contributed by atoms with Crippen LogP contribution in [0.3, 0.4) is 0 Å². The van der Waals surface area contributed by atoms with Crippen LogP contribution in [0.4, 0.5) is 11.6 Å². The molecule has 10 nitrogen and oxygen atoms in total. The van der Waals surface area contributed by atoms with Gasteiger partial charge in [0.25, 0.3) is 5.95 Å². The molecule has 1 N–H and O–H groups in total. The molecule has 11 heteroatoms. The van der Waals surface area contributed by atoms with Crippen molar-refractivity contribution in [3.8, 4) is 10.8 Å². The average molecular weight is 516 g/mol. The van der Waals surface area contributed by atoms with Gasteiger partial charge in [0.2, 0.25) is 5.91 Å². The van der Waals surface area contributed by atoms with Gasteiger partial charge in [-0.05, 0) is 50.1 Å². The number of aromatic nitrogens is 4. The standard InChI is InChI=1S/C26H25N7O3S/c1-14-15(2)37-25-23(14)24(20-6-8-21(9-7-20)28-17(4)34)31-32(26-30-29-16(3)33(25)26)13-19-10-22(12-27-11-19)36-18(5)35/h6-12H,13H2,1-5H3,(H,28,34). The second-order valence-electron chi connectivity index (χ2n) is 8.73. The number of hydrogen-bond acceptors (Lipinski definition) is 9. The van der Waals surface area contributed by atoms with Crippen LogP contribution in [0, 0.1) is 20.8 Å². The van der Waals surface area contributed by atoms with E-state index in [0.717, 1.165) is 38.8 Å². The largest absolute Gasteiger partial charge is 0.425 e. The number of carbonyl (C=O) groups is 2. The number of pyridine rings is 1. The number of hydrogen-bond donors (Lipinski definition) is 1. The normalized spacial score (nSPS) is 12.4. The van der Waals surface area contributed by atoms with Crippen LogP contribution in [0.2, 0.25) is 0 Å². The molecule has 1 aromatic carbocycles. The van der Waals surface area contributed by atoms with Gasteiger partial charge in [-0.25, -0.2) is 5.01 Å². The van der Waals surface area contributed by atoms with Gasteiger partial charge in [0.05, 0.1) is 12.7 Å². The first-order chi connectivity index (χ1) is 17.7. The Balaban J connectivity index is 1.65. The summed E-state index contributed by atoms with van der Waals surface area (Å²) in [5.41, 5.74) is 5.30. The van der Waals surface area contributed by atoms with Gasteiger partial charge in [-0.3, -0.25) is 19.1 Å². The average Bonchev–Trinajstić information content (AvgIpc) is 3.31. The van der Waals surface area contributed by atoms with E-state index in [1.807, 2.05) is 35.8 Å². The zero-order valence-electron chi connectivity index (χ0n) is 21.1. The van der Waals surface area contributed by atoms with E-state index in [1.165, 1.54) is 24.9 Å². The van der Waals surface area contributed by atoms with E-state index >= 15 is 0 Å². The first kappa shape index (κ1) is 24.3. The van der Waals surface area contributed by atoms with Gasteiger partial charge in [-0.2, -0.15) is 5.10 Å². The van der Waals surface area contributed by atoms with Gasteiger partial charge < -0.3 is 10.1 Å². The molecule has 37 heavy (non-hydrogen) atoms. The van der Waals surface area contributed by atoms with Crippen LogP contribution in [-0.2, 0) is 16.1 Å². The highest BCUT2D eigenvalue weighted by Gasteiger charge is 2.30. The fourth-order valence-electron chi connectivity index (χ4n) is 4.18. The molecule has 0 saturated heterocycles. The van der Waals surface area contributed by atoms with Crippen molar-refractivity contribution in [2.24, 2.45) is 5.10 Å². The predicted octanol–water partition coefficient (Wildman–Crippen LogP) is 4.31. The fourth-order valence-corrected chi connectivity index (χ4v) is 5.39. The highest BCUT2D eigenvalue weighted by molar-refractivity contribution is 7.15. The topological polar surface area (TPSA) is 115 Å². The first-order valence-electron chi connectivity index (χ1n) is 11.6. The lowest BCUT2D eigenvalue weighted by atomic mass is 10.00. The third-order valence-corrected chi connectivity index (χ3v) is 7.10. The van der Waals surface area contributed by atoms with Crippen molar-refractivity contribution in [3.05, 3.63) is 75.7 Å². The van der Waals surface area contributed by atoms with Gasteiger partial charge in [0, 0.05) is 41.7 Å². The van der Waals surface area contributed by atoms with Gasteiger partial charge in [0.1, 0.15) is 22.3 Å². The maximum atomic E-state index is 11.5. The number of nitrogens with zero attached hydrogens (tertiary/aromatic N) is 6. The Morgan fingerprint density at radius 1 is 1.05 bits per heavy atom. The van der Waals surface area contributed by atoms with Crippen LogP contribution in [0.15, 0.2) is 47.8 Å². The molecule has 0 atom stereocenters. The molecular formula is C26H25N7O3S. The van der Waals surface area contributed by atoms with Gasteiger partial charge in [-0.1, -0.05) is 12.1 Å². The van der Waals surface area contributed by atoms with Crippen molar-refractivity contribution in [2.45, 2.75) is 41.2 Å². The Morgan fingerprint density at radius 3 is 2.51 bits per heavy atom. The third kappa shape index (κ3) is 4.73. The van der Waals surface area contributed by atoms with Crippen LogP contribution in [-0.4, -0.2) is 37.3 Å². The van der Waals surface area contributed by atoms with Crippen LogP contribution in [0.5, 0.6) is 5.75 Å². The SMILES string of the molecule is CC(=O)Nc1ccc(C2=NN(Cc3cncc(OC(C)=O)c3)c3nnc(C)n3-c3sc(C)c(C)c32)cc1. The molecule has 0 aliphatic carbocycles. The second kappa shape index (κ2) is 9.58. The molecule has 4 aromatic rings. The molecule has 0 fully saturated rings. The van der Waals surface area contributed by atoms with E-state index in [2.05, 4.69) is 34.3 Å². The Morgan fingerprint density at radius 2 is 1.81 bits per heavy atom. The van der Waals surface area contributed by atoms with Crippen LogP contribution < -0.4 is 15.1 Å². The summed E-state index contributed by atoms with van der Waals surface area (Å²) in [5, 5.41) is 19.5. The summed E-state index contributed by atoms with van der Waals surface area (Å²) in [4.78, 5) is 28.3. The summed E-state index contributed by atoms with van der Waals surface area (Å²) < 4.78 is 7.24. The van der Waals surface area contributed by atoms with Crippen LogP contribution >= 0.6 is 11.3 Å². The number of benzene rings is 1. The van der Waals surface area contributed by atoms with Crippen molar-refractivity contribution in [2.75, 3.05) is 10.3 Å². The van der Waals surface area contributed by atoms with Crippen molar-refractivity contribution >= 4 is 40.6 Å². The second-order valence-corrected chi connectivity index (χ2v) is 9.94. The van der Waals surface area contributed by atoms with E-state index < -0.39 is 5.97 Å². The number of thiophene rings is 1. The number of anilines is 2. The predicted molar refractivity (Wildman–Crippen MR) is 142 cm³/mol. The monoisotopic (exact) mass is 515 g/mol. The first-order valence-corrected chi connectivity index (χ1v) is 12.4. The van der Waals surface area contributed by atoms with Crippen molar-refractivity contribution in [1.29, 1.82) is 0 Å². The van der Waals surface area contributed by atoms with E-state index in [4.69, 9.17) is 9.84 Å². The maximum Gasteiger partial charge on any atom is 0.308 e. The molecule has 0 saturated carbocycles. The number of amides is 1. The summed E-state index contributed by atoms with van der Waals surface area (Å²) in [7, 11) is 0. The number of esters is 1. The molecule has 1 amide bonds. The quantitative estimate of drug-likeness (QED) is 0.394. The summed E-state index contributed by atoms with van der Waals surface area (Å²) in [6, 6.07) is 9.37. The van der Waals surface area contributed by atoms with E-state index in [9.17, 15) is 9.59 Å². The third-order valence-electron chi connectivity index (χ3n) is 5.91. The van der Waals surface area contributed by atoms with Crippen LogP contribution in [0.25, 0.3) is 5.00 Å². The maximum absolute atomic E-state index is 11.5. The number of aryl methyl sites for hydroxylation is 2. The summed E-state index contributed by atoms with van der Waals surface area (Å²) >= 11 is 1.67. The molecule has 0 unspecified atom stereocenters. The van der Waals surface area contributed by atoms with E-state index in [0.29, 0.717) is 23.9 Å². The number of rotatable bonds is 5. The fraction of sp³-hybridized carbons (Fsp3) is 0.231. The molecular weight excluding hydrogens is 490 g/mol. The highest BCUT2D eigenvalue weighted by Crippen LogP contribution is 2.38. The van der Waals surface area contributed by atoms with Gasteiger partial charge in [-0.15, -0.1) is 21.5 Å². The van der Waals surface area contributed by atoms with Gasteiger partial charge >= 0.3 is 5.97 Å². The lowest BCUT2D eigenvalue weighted by Crippen LogP contribution is -2.21. The highest BCUT2D eigenvalue weighted by atomic mass is 32.1. The molecule has 3 aromatic heterocycles. The number of hydrazone groups is 1. The number of nitrogens with one attached hydrogen (secondary N) is 1. The summed E-state index contributed by atoms with van der Waals surface area (Å²) in [6.45, 7) is 9.25. The van der Waals surface area contributed by atoms with Crippen molar-refractivity contribution in [3.63, 3.8) is 0 Å². The smallest absolute Gasteiger partial charge is 0.308 e. The lowest BCUT2D eigenvalue weighted by Gasteiger charge is -2.18. The van der Waals surface area contributed by atoms with E-state index in [-0.39, 0.29) is 5.91 Å². The lowest BCUT2D eigenvalue weighted by molar-refractivity contribution is -0.131. The Kier molecular flexibility index (Phi) is 6.30. The Labute approximate surface area is 217 Å². The minimum absolute atomic E-state index is 0.129.